The first-order valence-corrected chi connectivity index (χ1v) is 6.91. The van der Waals surface area contributed by atoms with Gasteiger partial charge in [-0.05, 0) is 18.6 Å². The quantitative estimate of drug-likeness (QED) is 0.782. The van der Waals surface area contributed by atoms with Crippen LogP contribution in [0.2, 0.25) is 0 Å². The SMILES string of the molecule is Cc1nccn1CCn1cc(CC(=O)O)c2ccccc21. The number of carbonyl (C=O) groups is 1. The monoisotopic (exact) mass is 283 g/mol. The standard InChI is InChI=1S/C16H17N3O2/c1-12-17-6-7-18(12)8-9-19-11-13(10-16(20)21)14-4-2-3-5-15(14)19/h2-7,11H,8-10H2,1H3,(H,20,21). The Morgan fingerprint density at radius 3 is 2.71 bits per heavy atom. The predicted octanol–water partition coefficient (Wildman–Crippen LogP) is 2.47. The molecule has 5 heteroatoms. The van der Waals surface area contributed by atoms with E-state index in [-0.39, 0.29) is 6.42 Å². The van der Waals surface area contributed by atoms with E-state index in [1.54, 1.807) is 6.20 Å². The molecule has 2 aromatic heterocycles. The number of nitrogens with zero attached hydrogens (tertiary/aromatic N) is 3. The normalized spacial score (nSPS) is 11.1. The molecule has 3 aromatic rings. The number of carboxylic acid groups (broad SMARTS) is 1. The maximum Gasteiger partial charge on any atom is 0.307 e. The summed E-state index contributed by atoms with van der Waals surface area (Å²) in [5.41, 5.74) is 1.94. The summed E-state index contributed by atoms with van der Waals surface area (Å²) in [4.78, 5) is 15.2. The van der Waals surface area contributed by atoms with Crippen molar-refractivity contribution in [3.63, 3.8) is 0 Å². The molecule has 0 aliphatic carbocycles. The van der Waals surface area contributed by atoms with E-state index >= 15 is 0 Å². The van der Waals surface area contributed by atoms with Gasteiger partial charge < -0.3 is 14.2 Å². The molecule has 0 aliphatic heterocycles. The maximum atomic E-state index is 11.0. The van der Waals surface area contributed by atoms with Gasteiger partial charge in [-0.25, -0.2) is 4.98 Å². The molecule has 0 saturated carbocycles. The van der Waals surface area contributed by atoms with Crippen LogP contribution in [0.1, 0.15) is 11.4 Å². The van der Waals surface area contributed by atoms with Gasteiger partial charge in [-0.15, -0.1) is 0 Å². The number of hydrogen-bond acceptors (Lipinski definition) is 2. The average molecular weight is 283 g/mol. The molecule has 0 spiro atoms. The molecule has 1 N–H and O–H groups in total. The van der Waals surface area contributed by atoms with Crippen LogP contribution in [0.4, 0.5) is 0 Å². The topological polar surface area (TPSA) is 60.0 Å². The van der Waals surface area contributed by atoms with Crippen molar-refractivity contribution in [2.24, 2.45) is 0 Å². The van der Waals surface area contributed by atoms with E-state index in [0.717, 1.165) is 35.4 Å². The third kappa shape index (κ3) is 2.67. The number of imidazole rings is 1. The summed E-state index contributed by atoms with van der Waals surface area (Å²) < 4.78 is 4.21. The number of para-hydroxylation sites is 1. The summed E-state index contributed by atoms with van der Waals surface area (Å²) in [5, 5.41) is 10.0. The molecule has 3 rings (SSSR count). The summed E-state index contributed by atoms with van der Waals surface area (Å²) in [5.74, 6) is 0.181. The van der Waals surface area contributed by atoms with Gasteiger partial charge in [0.2, 0.25) is 0 Å². The zero-order valence-corrected chi connectivity index (χ0v) is 11.9. The van der Waals surface area contributed by atoms with Crippen molar-refractivity contribution in [3.05, 3.63) is 54.2 Å². The smallest absolute Gasteiger partial charge is 0.307 e. The fourth-order valence-corrected chi connectivity index (χ4v) is 2.67. The Labute approximate surface area is 122 Å². The summed E-state index contributed by atoms with van der Waals surface area (Å²) >= 11 is 0. The van der Waals surface area contributed by atoms with Gasteiger partial charge in [0.25, 0.3) is 0 Å². The van der Waals surface area contributed by atoms with E-state index in [1.807, 2.05) is 43.6 Å². The number of aromatic nitrogens is 3. The minimum absolute atomic E-state index is 0.0532. The summed E-state index contributed by atoms with van der Waals surface area (Å²) in [6, 6.07) is 7.93. The highest BCUT2D eigenvalue weighted by atomic mass is 16.4. The van der Waals surface area contributed by atoms with E-state index in [2.05, 4.69) is 14.1 Å². The molecule has 0 radical (unpaired) electrons. The zero-order chi connectivity index (χ0) is 14.8. The second kappa shape index (κ2) is 5.44. The van der Waals surface area contributed by atoms with E-state index in [9.17, 15) is 4.79 Å². The van der Waals surface area contributed by atoms with Crippen LogP contribution in [0.5, 0.6) is 0 Å². The van der Waals surface area contributed by atoms with Crippen LogP contribution in [0, 0.1) is 6.92 Å². The summed E-state index contributed by atoms with van der Waals surface area (Å²) in [6.07, 6.45) is 5.75. The lowest BCUT2D eigenvalue weighted by Gasteiger charge is -2.07. The molecule has 21 heavy (non-hydrogen) atoms. The van der Waals surface area contributed by atoms with Crippen molar-refractivity contribution in [3.8, 4) is 0 Å². The molecule has 0 saturated heterocycles. The Kier molecular flexibility index (Phi) is 3.48. The number of hydrogen-bond donors (Lipinski definition) is 1. The lowest BCUT2D eigenvalue weighted by Crippen LogP contribution is -2.07. The van der Waals surface area contributed by atoms with Crippen LogP contribution in [0.25, 0.3) is 10.9 Å². The first-order chi connectivity index (χ1) is 10.1. The molecule has 5 nitrogen and oxygen atoms in total. The number of fused-ring (bicyclic) bond motifs is 1. The largest absolute Gasteiger partial charge is 0.481 e. The third-order valence-corrected chi connectivity index (χ3v) is 3.72. The number of aryl methyl sites for hydroxylation is 3. The second-order valence-corrected chi connectivity index (χ2v) is 5.10. The van der Waals surface area contributed by atoms with Crippen molar-refractivity contribution >= 4 is 16.9 Å². The fraction of sp³-hybridized carbons (Fsp3) is 0.250. The summed E-state index contributed by atoms with van der Waals surface area (Å²) in [6.45, 7) is 3.58. The van der Waals surface area contributed by atoms with Gasteiger partial charge in [0, 0.05) is 42.6 Å². The van der Waals surface area contributed by atoms with Crippen molar-refractivity contribution in [2.75, 3.05) is 0 Å². The highest BCUT2D eigenvalue weighted by molar-refractivity contribution is 5.87. The predicted molar refractivity (Wildman–Crippen MR) is 80.2 cm³/mol. The number of aliphatic carboxylic acids is 1. The number of benzene rings is 1. The van der Waals surface area contributed by atoms with Crippen molar-refractivity contribution in [1.82, 2.24) is 14.1 Å². The second-order valence-electron chi connectivity index (χ2n) is 5.10. The molecule has 0 atom stereocenters. The van der Waals surface area contributed by atoms with Crippen molar-refractivity contribution in [1.29, 1.82) is 0 Å². The zero-order valence-electron chi connectivity index (χ0n) is 11.9. The van der Waals surface area contributed by atoms with Crippen LogP contribution in [0.3, 0.4) is 0 Å². The van der Waals surface area contributed by atoms with Gasteiger partial charge in [0.15, 0.2) is 0 Å². The molecule has 0 bridgehead atoms. The van der Waals surface area contributed by atoms with E-state index in [0.29, 0.717) is 0 Å². The van der Waals surface area contributed by atoms with Crippen molar-refractivity contribution in [2.45, 2.75) is 26.4 Å². The number of carboxylic acids is 1. The molecule has 2 heterocycles. The van der Waals surface area contributed by atoms with Gasteiger partial charge in [-0.1, -0.05) is 18.2 Å². The van der Waals surface area contributed by atoms with Crippen LogP contribution in [-0.2, 0) is 24.3 Å². The molecular weight excluding hydrogens is 266 g/mol. The first-order valence-electron chi connectivity index (χ1n) is 6.91. The Hall–Kier alpha value is -2.56. The Balaban J connectivity index is 1.91. The lowest BCUT2D eigenvalue weighted by molar-refractivity contribution is -0.136. The van der Waals surface area contributed by atoms with Crippen LogP contribution in [-0.4, -0.2) is 25.2 Å². The number of rotatable bonds is 5. The highest BCUT2D eigenvalue weighted by Crippen LogP contribution is 2.22. The highest BCUT2D eigenvalue weighted by Gasteiger charge is 2.11. The molecule has 1 aromatic carbocycles. The third-order valence-electron chi connectivity index (χ3n) is 3.72. The van der Waals surface area contributed by atoms with E-state index in [4.69, 9.17) is 5.11 Å². The average Bonchev–Trinajstić information content (AvgIpc) is 3.01. The molecular formula is C16H17N3O2. The molecule has 0 fully saturated rings. The van der Waals surface area contributed by atoms with Gasteiger partial charge in [-0.2, -0.15) is 0 Å². The fourth-order valence-electron chi connectivity index (χ4n) is 2.67. The van der Waals surface area contributed by atoms with Crippen molar-refractivity contribution < 1.29 is 9.90 Å². The molecule has 108 valence electrons. The van der Waals surface area contributed by atoms with Crippen LogP contribution in [0.15, 0.2) is 42.9 Å². The van der Waals surface area contributed by atoms with Crippen LogP contribution < -0.4 is 0 Å². The maximum absolute atomic E-state index is 11.0. The molecule has 0 amide bonds. The molecule has 0 aliphatic rings. The van der Waals surface area contributed by atoms with Gasteiger partial charge in [0.1, 0.15) is 5.82 Å². The summed E-state index contributed by atoms with van der Waals surface area (Å²) in [7, 11) is 0. The minimum atomic E-state index is -0.802. The van der Waals surface area contributed by atoms with E-state index < -0.39 is 5.97 Å². The van der Waals surface area contributed by atoms with E-state index in [1.165, 1.54) is 0 Å². The Bertz CT molecular complexity index is 786. The Morgan fingerprint density at radius 2 is 2.00 bits per heavy atom. The van der Waals surface area contributed by atoms with Crippen LogP contribution >= 0.6 is 0 Å². The van der Waals surface area contributed by atoms with Gasteiger partial charge in [0.05, 0.1) is 6.42 Å². The lowest BCUT2D eigenvalue weighted by atomic mass is 10.1. The van der Waals surface area contributed by atoms with Gasteiger partial charge >= 0.3 is 5.97 Å². The Morgan fingerprint density at radius 1 is 1.24 bits per heavy atom. The minimum Gasteiger partial charge on any atom is -0.481 e. The van der Waals surface area contributed by atoms with Gasteiger partial charge in [-0.3, -0.25) is 4.79 Å². The molecule has 0 unspecified atom stereocenters. The first kappa shape index (κ1) is 13.4.